The predicted molar refractivity (Wildman–Crippen MR) is 62.9 cm³/mol. The Kier molecular flexibility index (Phi) is 4.04. The molecule has 0 heterocycles. The van der Waals surface area contributed by atoms with Crippen molar-refractivity contribution in [3.05, 3.63) is 0 Å². The van der Waals surface area contributed by atoms with E-state index in [0.717, 1.165) is 18.4 Å². The first-order chi connectivity index (χ1) is 7.35. The minimum atomic E-state index is 0.483. The summed E-state index contributed by atoms with van der Waals surface area (Å²) < 4.78 is 5.70. The number of ether oxygens (including phenoxy) is 1. The summed E-state index contributed by atoms with van der Waals surface area (Å²) in [4.78, 5) is 0. The molecule has 0 bridgehead atoms. The van der Waals surface area contributed by atoms with E-state index in [1.807, 2.05) is 7.11 Å². The Morgan fingerprint density at radius 3 is 2.47 bits per heavy atom. The van der Waals surface area contributed by atoms with Crippen molar-refractivity contribution in [3.63, 3.8) is 0 Å². The van der Waals surface area contributed by atoms with Gasteiger partial charge in [0.15, 0.2) is 0 Å². The van der Waals surface area contributed by atoms with E-state index in [1.54, 1.807) is 0 Å². The first-order valence-corrected chi connectivity index (χ1v) is 6.61. The molecule has 2 fully saturated rings. The van der Waals surface area contributed by atoms with Gasteiger partial charge < -0.3 is 10.1 Å². The summed E-state index contributed by atoms with van der Waals surface area (Å²) >= 11 is 0. The predicted octanol–water partition coefficient (Wildman–Crippen LogP) is 2.58. The third kappa shape index (κ3) is 3.46. The fourth-order valence-corrected chi connectivity index (χ4v) is 2.49. The van der Waals surface area contributed by atoms with Crippen LogP contribution < -0.4 is 5.32 Å². The number of hydrogen-bond acceptors (Lipinski definition) is 2. The summed E-state index contributed by atoms with van der Waals surface area (Å²) in [5.41, 5.74) is 0. The molecule has 88 valence electrons. The minimum absolute atomic E-state index is 0.483. The molecule has 0 spiro atoms. The second kappa shape index (κ2) is 5.31. The van der Waals surface area contributed by atoms with E-state index in [-0.39, 0.29) is 0 Å². The molecule has 0 saturated heterocycles. The van der Waals surface area contributed by atoms with E-state index in [0.29, 0.717) is 12.1 Å². The van der Waals surface area contributed by atoms with E-state index < -0.39 is 0 Å². The lowest BCUT2D eigenvalue weighted by molar-refractivity contribution is 0.0466. The van der Waals surface area contributed by atoms with E-state index >= 15 is 0 Å². The van der Waals surface area contributed by atoms with Crippen LogP contribution in [0.4, 0.5) is 0 Å². The van der Waals surface area contributed by atoms with Crippen molar-refractivity contribution in [1.82, 2.24) is 5.32 Å². The second-order valence-electron chi connectivity index (χ2n) is 5.28. The van der Waals surface area contributed by atoms with Crippen LogP contribution in [-0.2, 0) is 4.74 Å². The maximum atomic E-state index is 5.70. The smallest absolute Gasteiger partial charge is 0.0752 e. The molecule has 0 amide bonds. The fourth-order valence-electron chi connectivity index (χ4n) is 2.49. The summed E-state index contributed by atoms with van der Waals surface area (Å²) in [6, 6.07) is 0.620. The quantitative estimate of drug-likeness (QED) is 0.666. The van der Waals surface area contributed by atoms with Crippen LogP contribution in [0.2, 0.25) is 0 Å². The van der Waals surface area contributed by atoms with E-state index in [4.69, 9.17) is 4.74 Å². The molecule has 0 radical (unpaired) electrons. The number of nitrogens with one attached hydrogen (secondary N) is 1. The normalized spacial score (nSPS) is 25.2. The van der Waals surface area contributed by atoms with Crippen LogP contribution in [-0.4, -0.2) is 25.8 Å². The fraction of sp³-hybridized carbons (Fsp3) is 1.00. The van der Waals surface area contributed by atoms with Gasteiger partial charge in [0.05, 0.1) is 6.10 Å². The average molecular weight is 211 g/mol. The van der Waals surface area contributed by atoms with Gasteiger partial charge in [0, 0.05) is 13.2 Å². The van der Waals surface area contributed by atoms with Gasteiger partial charge >= 0.3 is 0 Å². The van der Waals surface area contributed by atoms with Gasteiger partial charge in [-0.25, -0.2) is 0 Å². The Bertz CT molecular complexity index is 187. The standard InChI is InChI=1S/C13H25NO/c1-3-8-14-12(9-10-4-5-10)13(15-2)11-6-7-11/h10-14H,3-9H2,1-2H3. The first kappa shape index (κ1) is 11.4. The van der Waals surface area contributed by atoms with Crippen molar-refractivity contribution in [3.8, 4) is 0 Å². The molecule has 2 atom stereocenters. The van der Waals surface area contributed by atoms with Crippen molar-refractivity contribution in [2.75, 3.05) is 13.7 Å². The maximum Gasteiger partial charge on any atom is 0.0752 e. The summed E-state index contributed by atoms with van der Waals surface area (Å²) in [6.07, 6.45) is 8.71. The average Bonchev–Trinajstić information content (AvgIpc) is 3.07. The van der Waals surface area contributed by atoms with Crippen molar-refractivity contribution in [1.29, 1.82) is 0 Å². The van der Waals surface area contributed by atoms with Crippen molar-refractivity contribution in [2.45, 2.75) is 57.6 Å². The first-order valence-electron chi connectivity index (χ1n) is 6.61. The Hall–Kier alpha value is -0.0800. The van der Waals surface area contributed by atoms with Crippen LogP contribution in [0.1, 0.15) is 45.4 Å². The third-order valence-corrected chi connectivity index (χ3v) is 3.70. The molecule has 2 saturated carbocycles. The monoisotopic (exact) mass is 211 g/mol. The van der Waals surface area contributed by atoms with Crippen LogP contribution in [0.15, 0.2) is 0 Å². The summed E-state index contributed by atoms with van der Waals surface area (Å²) in [6.45, 7) is 3.38. The van der Waals surface area contributed by atoms with Gasteiger partial charge in [-0.15, -0.1) is 0 Å². The molecule has 2 nitrogen and oxygen atoms in total. The molecule has 0 aromatic rings. The molecule has 15 heavy (non-hydrogen) atoms. The van der Waals surface area contributed by atoms with E-state index in [9.17, 15) is 0 Å². The topological polar surface area (TPSA) is 21.3 Å². The van der Waals surface area contributed by atoms with Crippen molar-refractivity contribution < 1.29 is 4.74 Å². The number of hydrogen-bond donors (Lipinski definition) is 1. The van der Waals surface area contributed by atoms with Gasteiger partial charge in [0.1, 0.15) is 0 Å². The van der Waals surface area contributed by atoms with Crippen LogP contribution in [0.3, 0.4) is 0 Å². The molecule has 2 rings (SSSR count). The Morgan fingerprint density at radius 1 is 1.27 bits per heavy atom. The lowest BCUT2D eigenvalue weighted by Gasteiger charge is -2.27. The van der Waals surface area contributed by atoms with Crippen LogP contribution in [0.5, 0.6) is 0 Å². The minimum Gasteiger partial charge on any atom is -0.380 e. The Balaban J connectivity index is 1.82. The molecule has 2 unspecified atom stereocenters. The Morgan fingerprint density at radius 2 is 2.00 bits per heavy atom. The Labute approximate surface area is 93.8 Å². The molecule has 2 aliphatic rings. The largest absolute Gasteiger partial charge is 0.380 e. The van der Waals surface area contributed by atoms with Crippen molar-refractivity contribution >= 4 is 0 Å². The summed E-state index contributed by atoms with van der Waals surface area (Å²) in [5.74, 6) is 1.85. The molecular weight excluding hydrogens is 186 g/mol. The SMILES string of the molecule is CCCNC(CC1CC1)C(OC)C1CC1. The molecule has 0 aliphatic heterocycles. The molecule has 0 aromatic heterocycles. The second-order valence-corrected chi connectivity index (χ2v) is 5.28. The van der Waals surface area contributed by atoms with Crippen LogP contribution >= 0.6 is 0 Å². The van der Waals surface area contributed by atoms with Gasteiger partial charge in [-0.1, -0.05) is 19.8 Å². The lowest BCUT2D eigenvalue weighted by atomic mass is 10.0. The molecule has 0 aromatic carbocycles. The van der Waals surface area contributed by atoms with Gasteiger partial charge in [-0.2, -0.15) is 0 Å². The van der Waals surface area contributed by atoms with Gasteiger partial charge in [0.25, 0.3) is 0 Å². The van der Waals surface area contributed by atoms with Crippen LogP contribution in [0.25, 0.3) is 0 Å². The number of methoxy groups -OCH3 is 1. The molecule has 2 heteroatoms. The van der Waals surface area contributed by atoms with Crippen molar-refractivity contribution in [2.24, 2.45) is 11.8 Å². The molecule has 1 N–H and O–H groups in total. The highest BCUT2D eigenvalue weighted by Crippen LogP contribution is 2.40. The summed E-state index contributed by atoms with van der Waals surface area (Å²) in [7, 11) is 1.89. The third-order valence-electron chi connectivity index (χ3n) is 3.70. The van der Waals surface area contributed by atoms with Gasteiger partial charge in [0.2, 0.25) is 0 Å². The molecular formula is C13H25NO. The van der Waals surface area contributed by atoms with E-state index in [1.165, 1.54) is 38.5 Å². The van der Waals surface area contributed by atoms with Gasteiger partial charge in [-0.05, 0) is 44.1 Å². The number of rotatable bonds is 8. The van der Waals surface area contributed by atoms with Crippen LogP contribution in [0, 0.1) is 11.8 Å². The molecule has 2 aliphatic carbocycles. The summed E-state index contributed by atoms with van der Waals surface area (Å²) in [5, 5.41) is 3.69. The van der Waals surface area contributed by atoms with E-state index in [2.05, 4.69) is 12.2 Å². The zero-order valence-corrected chi connectivity index (χ0v) is 10.2. The highest BCUT2D eigenvalue weighted by atomic mass is 16.5. The van der Waals surface area contributed by atoms with Gasteiger partial charge in [-0.3, -0.25) is 0 Å². The lowest BCUT2D eigenvalue weighted by Crippen LogP contribution is -2.43. The highest BCUT2D eigenvalue weighted by molar-refractivity contribution is 4.93. The zero-order valence-electron chi connectivity index (χ0n) is 10.2. The maximum absolute atomic E-state index is 5.70. The zero-order chi connectivity index (χ0) is 10.7. The highest BCUT2D eigenvalue weighted by Gasteiger charge is 2.38.